The van der Waals surface area contributed by atoms with Crippen molar-refractivity contribution in [3.63, 3.8) is 0 Å². The van der Waals surface area contributed by atoms with Crippen molar-refractivity contribution < 1.29 is 36.2 Å². The molecule has 4 aliphatic rings. The summed E-state index contributed by atoms with van der Waals surface area (Å²) in [6, 6.07) is 1.16. The van der Waals surface area contributed by atoms with Crippen LogP contribution in [0.1, 0.15) is 62.1 Å². The van der Waals surface area contributed by atoms with E-state index in [4.69, 9.17) is 19.9 Å². The number of carbonyl (C=O) groups excluding carboxylic acids is 1. The van der Waals surface area contributed by atoms with Crippen LogP contribution in [0, 0.1) is 0 Å². The minimum atomic E-state index is -3.53. The first kappa shape index (κ1) is 27.0. The van der Waals surface area contributed by atoms with Crippen LogP contribution in [0.25, 0.3) is 0 Å². The van der Waals surface area contributed by atoms with Gasteiger partial charge in [0.15, 0.2) is 0 Å². The van der Waals surface area contributed by atoms with Crippen molar-refractivity contribution in [2.75, 3.05) is 32.6 Å². The minimum absolute atomic E-state index is 0.00995. The number of alkyl halides is 2. The van der Waals surface area contributed by atoms with E-state index in [0.29, 0.717) is 44.2 Å². The van der Waals surface area contributed by atoms with Crippen LogP contribution >= 0.6 is 0 Å². The largest absolute Gasteiger partial charge is 0.478 e. The molecule has 4 bridgehead atoms. The molecule has 0 spiro atoms. The second-order valence-corrected chi connectivity index (χ2v) is 11.5. The highest BCUT2D eigenvalue weighted by Crippen LogP contribution is 2.36. The molecular formula is C23H34F2N4O6S. The maximum atomic E-state index is 13.5. The molecule has 13 heteroatoms. The Bertz CT molecular complexity index is 1020. The number of nitrogens with two attached hydrogens (primary N) is 1. The number of hydrogen-bond acceptors (Lipinski definition) is 8. The number of fused-ring (bicyclic) bond motifs is 8. The Morgan fingerprint density at radius 1 is 1.19 bits per heavy atom. The van der Waals surface area contributed by atoms with Gasteiger partial charge in [0.25, 0.3) is 6.43 Å². The summed E-state index contributed by atoms with van der Waals surface area (Å²) in [6.07, 6.45) is 1.18. The van der Waals surface area contributed by atoms with Crippen molar-refractivity contribution in [3.8, 4) is 5.88 Å². The molecule has 1 aromatic rings. The summed E-state index contributed by atoms with van der Waals surface area (Å²) in [4.78, 5) is 19.0. The lowest BCUT2D eigenvalue weighted by Gasteiger charge is -2.33. The lowest BCUT2D eigenvalue weighted by atomic mass is 9.84. The summed E-state index contributed by atoms with van der Waals surface area (Å²) in [6.45, 7) is 0.428. The van der Waals surface area contributed by atoms with E-state index in [1.54, 1.807) is 0 Å². The number of hydrogen-bond donors (Lipinski definition) is 2. The van der Waals surface area contributed by atoms with Crippen LogP contribution in [0.2, 0.25) is 0 Å². The quantitative estimate of drug-likeness (QED) is 0.604. The maximum Gasteiger partial charge on any atom is 0.410 e. The monoisotopic (exact) mass is 532 g/mol. The van der Waals surface area contributed by atoms with Crippen molar-refractivity contribution in [3.05, 3.63) is 23.4 Å². The Morgan fingerprint density at radius 3 is 2.58 bits per heavy atom. The van der Waals surface area contributed by atoms with E-state index < -0.39 is 40.7 Å². The highest BCUT2D eigenvalue weighted by atomic mass is 32.2. The van der Waals surface area contributed by atoms with Gasteiger partial charge >= 0.3 is 6.09 Å². The van der Waals surface area contributed by atoms with E-state index in [1.807, 2.05) is 0 Å². The lowest BCUT2D eigenvalue weighted by Crippen LogP contribution is -2.51. The van der Waals surface area contributed by atoms with Gasteiger partial charge in [-0.3, -0.25) is 4.90 Å². The molecule has 2 fully saturated rings. The molecule has 1 saturated heterocycles. The van der Waals surface area contributed by atoms with E-state index in [9.17, 15) is 22.0 Å². The summed E-state index contributed by atoms with van der Waals surface area (Å²) < 4.78 is 70.8. The van der Waals surface area contributed by atoms with E-state index in [-0.39, 0.29) is 49.8 Å². The Morgan fingerprint density at radius 2 is 1.92 bits per heavy atom. The van der Waals surface area contributed by atoms with Gasteiger partial charge in [-0.1, -0.05) is 0 Å². The summed E-state index contributed by atoms with van der Waals surface area (Å²) in [5.74, 6) is 0.144. The lowest BCUT2D eigenvalue weighted by molar-refractivity contribution is -0.0111. The average Bonchev–Trinajstić information content (AvgIpc) is 3.17. The van der Waals surface area contributed by atoms with Crippen LogP contribution in [0.4, 0.5) is 13.6 Å². The molecule has 10 nitrogen and oxygen atoms in total. The third-order valence-electron chi connectivity index (χ3n) is 7.04. The molecule has 1 saturated carbocycles. The molecule has 5 rings (SSSR count). The Kier molecular flexibility index (Phi) is 8.63. The molecule has 3 N–H and O–H groups in total. The van der Waals surface area contributed by atoms with Gasteiger partial charge in [0, 0.05) is 48.3 Å². The van der Waals surface area contributed by atoms with Crippen LogP contribution in [0.5, 0.6) is 5.88 Å². The minimum Gasteiger partial charge on any atom is -0.478 e. The van der Waals surface area contributed by atoms with Gasteiger partial charge < -0.3 is 19.9 Å². The molecule has 3 aliphatic heterocycles. The zero-order chi connectivity index (χ0) is 25.9. The first-order valence-electron chi connectivity index (χ1n) is 12.3. The zero-order valence-electron chi connectivity index (χ0n) is 20.3. The summed E-state index contributed by atoms with van der Waals surface area (Å²) in [5.41, 5.74) is 6.38. The molecule has 1 amide bonds. The van der Waals surface area contributed by atoms with Gasteiger partial charge in [-0.25, -0.2) is 31.7 Å². The molecule has 0 unspecified atom stereocenters. The molecule has 1 aliphatic carbocycles. The van der Waals surface area contributed by atoms with Crippen LogP contribution in [-0.4, -0.2) is 81.2 Å². The number of ether oxygens (including phenoxy) is 3. The molecular weight excluding hydrogens is 498 g/mol. The SMILES string of the molecule is CS(=O)(=O)N[C@H]1C[C@@H](CN)N2C(=O)OCCCOc3cc(C(F)F)cc(n3)C3CCC(CC3)OC[C@@H]12. The van der Waals surface area contributed by atoms with Gasteiger partial charge in [-0.15, -0.1) is 0 Å². The highest BCUT2D eigenvalue weighted by Gasteiger charge is 2.45. The van der Waals surface area contributed by atoms with Crippen molar-refractivity contribution in [2.24, 2.45) is 5.73 Å². The van der Waals surface area contributed by atoms with Crippen molar-refractivity contribution >= 4 is 16.1 Å². The van der Waals surface area contributed by atoms with Gasteiger partial charge in [0.05, 0.1) is 38.2 Å². The number of rotatable bonds is 4. The molecule has 3 atom stereocenters. The second kappa shape index (κ2) is 11.5. The number of nitrogens with one attached hydrogen (secondary N) is 1. The molecule has 0 radical (unpaired) electrons. The Balaban J connectivity index is 1.56. The normalized spacial score (nSPS) is 30.0. The van der Waals surface area contributed by atoms with E-state index >= 15 is 0 Å². The summed E-state index contributed by atoms with van der Waals surface area (Å²) in [7, 11) is -3.53. The highest BCUT2D eigenvalue weighted by molar-refractivity contribution is 7.88. The third-order valence-corrected chi connectivity index (χ3v) is 7.78. The number of amides is 1. The van der Waals surface area contributed by atoms with Crippen molar-refractivity contribution in [1.29, 1.82) is 0 Å². The third kappa shape index (κ3) is 6.61. The van der Waals surface area contributed by atoms with Crippen LogP contribution in [0.15, 0.2) is 12.1 Å². The molecule has 202 valence electrons. The maximum absolute atomic E-state index is 13.5. The van der Waals surface area contributed by atoms with E-state index in [2.05, 4.69) is 9.71 Å². The summed E-state index contributed by atoms with van der Waals surface area (Å²) >= 11 is 0. The first-order chi connectivity index (χ1) is 17.1. The molecule has 4 heterocycles. The van der Waals surface area contributed by atoms with Crippen LogP contribution in [-0.2, 0) is 19.5 Å². The summed E-state index contributed by atoms with van der Waals surface area (Å²) in [5, 5.41) is 0. The topological polar surface area (TPSA) is 133 Å². The predicted molar refractivity (Wildman–Crippen MR) is 126 cm³/mol. The number of carbonyl (C=O) groups is 1. The van der Waals surface area contributed by atoms with Gasteiger partial charge in [0.2, 0.25) is 15.9 Å². The molecule has 0 aromatic carbocycles. The second-order valence-electron chi connectivity index (χ2n) is 9.68. The smallest absolute Gasteiger partial charge is 0.410 e. The molecule has 1 aromatic heterocycles. The van der Waals surface area contributed by atoms with E-state index in [0.717, 1.165) is 6.26 Å². The fourth-order valence-electron chi connectivity index (χ4n) is 5.31. The fourth-order valence-corrected chi connectivity index (χ4v) is 6.11. The fraction of sp³-hybridized carbons (Fsp3) is 0.739. The standard InChI is InChI=1S/C23H34F2N4O6S/c1-36(31,32)28-19-11-16(12-26)29-20(19)13-35-17-5-3-14(4-6-17)18-9-15(22(24)25)10-21(27-18)33-7-2-8-34-23(29)30/h9-10,14,16-17,19-20,22,28H,2-8,11-13,26H2,1H3/t14?,16-,17?,19-,20-/m0/s1. The van der Waals surface area contributed by atoms with Crippen molar-refractivity contribution in [2.45, 2.75) is 75.1 Å². The van der Waals surface area contributed by atoms with Gasteiger partial charge in [-0.05, 0) is 38.2 Å². The number of pyridine rings is 1. The van der Waals surface area contributed by atoms with Gasteiger partial charge in [-0.2, -0.15) is 0 Å². The number of halogens is 2. The van der Waals surface area contributed by atoms with Crippen LogP contribution in [0.3, 0.4) is 0 Å². The Hall–Kier alpha value is -2.09. The van der Waals surface area contributed by atoms with Gasteiger partial charge in [0.1, 0.15) is 0 Å². The number of nitrogens with zero attached hydrogens (tertiary/aromatic N) is 2. The number of aromatic nitrogens is 1. The van der Waals surface area contributed by atoms with Crippen LogP contribution < -0.4 is 15.2 Å². The number of sulfonamides is 1. The van der Waals surface area contributed by atoms with E-state index in [1.165, 1.54) is 17.0 Å². The Labute approximate surface area is 209 Å². The predicted octanol–water partition coefficient (Wildman–Crippen LogP) is 2.30. The van der Waals surface area contributed by atoms with Crippen molar-refractivity contribution in [1.82, 2.24) is 14.6 Å². The molecule has 36 heavy (non-hydrogen) atoms. The zero-order valence-corrected chi connectivity index (χ0v) is 21.1. The average molecular weight is 533 g/mol. The first-order valence-corrected chi connectivity index (χ1v) is 14.2.